The summed E-state index contributed by atoms with van der Waals surface area (Å²) >= 11 is 7.48. The van der Waals surface area contributed by atoms with E-state index in [-0.39, 0.29) is 6.79 Å². The third-order valence-corrected chi connectivity index (χ3v) is 8.06. The van der Waals surface area contributed by atoms with Crippen LogP contribution in [-0.4, -0.2) is 50.6 Å². The van der Waals surface area contributed by atoms with Crippen molar-refractivity contribution in [3.63, 3.8) is 0 Å². The van der Waals surface area contributed by atoms with Crippen molar-refractivity contribution in [3.8, 4) is 5.75 Å². The van der Waals surface area contributed by atoms with Crippen LogP contribution in [0, 0.1) is 0 Å². The minimum atomic E-state index is -3.37. The van der Waals surface area contributed by atoms with E-state index in [9.17, 15) is 8.42 Å². The number of thiophene rings is 1. The van der Waals surface area contributed by atoms with Crippen molar-refractivity contribution in [2.24, 2.45) is 0 Å². The van der Waals surface area contributed by atoms with Crippen LogP contribution in [0.2, 0.25) is 5.02 Å². The summed E-state index contributed by atoms with van der Waals surface area (Å²) in [5.41, 5.74) is 1.98. The van der Waals surface area contributed by atoms with Crippen molar-refractivity contribution < 1.29 is 17.9 Å². The van der Waals surface area contributed by atoms with Gasteiger partial charge < -0.3 is 9.47 Å². The maximum absolute atomic E-state index is 12.6. The van der Waals surface area contributed by atoms with Crippen LogP contribution in [0.25, 0.3) is 0 Å². The Morgan fingerprint density at radius 3 is 2.73 bits per heavy atom. The summed E-state index contributed by atoms with van der Waals surface area (Å²) in [6, 6.07) is 7.20. The van der Waals surface area contributed by atoms with Crippen LogP contribution in [0.5, 0.6) is 5.75 Å². The molecule has 140 valence electrons. The fourth-order valence-corrected chi connectivity index (χ4v) is 6.11. The molecule has 2 aliphatic heterocycles. The predicted octanol–water partition coefficient (Wildman–Crippen LogP) is 2.77. The monoisotopic (exact) mass is 414 g/mol. The number of halogens is 1. The molecule has 2 aromatic rings. The molecule has 26 heavy (non-hydrogen) atoms. The van der Waals surface area contributed by atoms with Crippen molar-refractivity contribution in [1.29, 1.82) is 0 Å². The van der Waals surface area contributed by atoms with E-state index in [2.05, 4.69) is 4.90 Å². The van der Waals surface area contributed by atoms with Gasteiger partial charge in [-0.3, -0.25) is 4.90 Å². The molecule has 0 radical (unpaired) electrons. The number of rotatable bonds is 4. The summed E-state index contributed by atoms with van der Waals surface area (Å²) in [7, 11) is -3.37. The van der Waals surface area contributed by atoms with Gasteiger partial charge in [-0.15, -0.1) is 11.3 Å². The fourth-order valence-electron chi connectivity index (χ4n) is 3.28. The number of ether oxygens (including phenoxy) is 2. The van der Waals surface area contributed by atoms with Crippen molar-refractivity contribution in [3.05, 3.63) is 45.8 Å². The van der Waals surface area contributed by atoms with E-state index in [4.69, 9.17) is 21.1 Å². The van der Waals surface area contributed by atoms with E-state index in [1.807, 2.05) is 12.1 Å². The van der Waals surface area contributed by atoms with Crippen LogP contribution >= 0.6 is 22.9 Å². The normalized spacial score (nSPS) is 19.1. The molecule has 0 spiro atoms. The lowest BCUT2D eigenvalue weighted by atomic mass is 10.1. The zero-order valence-corrected chi connectivity index (χ0v) is 16.4. The van der Waals surface area contributed by atoms with Gasteiger partial charge in [-0.2, -0.15) is 4.31 Å². The smallest absolute Gasteiger partial charge is 0.252 e. The summed E-state index contributed by atoms with van der Waals surface area (Å²) in [4.78, 5) is 2.23. The van der Waals surface area contributed by atoms with Gasteiger partial charge >= 0.3 is 0 Å². The zero-order valence-electron chi connectivity index (χ0n) is 14.1. The average molecular weight is 415 g/mol. The largest absolute Gasteiger partial charge is 0.467 e. The van der Waals surface area contributed by atoms with E-state index in [1.54, 1.807) is 21.8 Å². The summed E-state index contributed by atoms with van der Waals surface area (Å²) < 4.78 is 38.2. The lowest BCUT2D eigenvalue weighted by Gasteiger charge is -2.34. The quantitative estimate of drug-likeness (QED) is 0.769. The van der Waals surface area contributed by atoms with Gasteiger partial charge in [0.1, 0.15) is 9.96 Å². The standard InChI is InChI=1S/C17H19ClN2O4S2/c18-15-8-13(17-14(9-15)11-23-12-24-17)10-19-3-5-20(6-4-19)26(21,22)16-2-1-7-25-16/h1-2,7-9H,3-6,10-12H2. The summed E-state index contributed by atoms with van der Waals surface area (Å²) in [5, 5.41) is 2.45. The molecule has 1 saturated heterocycles. The highest BCUT2D eigenvalue weighted by molar-refractivity contribution is 7.91. The number of benzene rings is 1. The second kappa shape index (κ2) is 7.46. The number of hydrogen-bond acceptors (Lipinski definition) is 6. The maximum atomic E-state index is 12.6. The Labute approximate surface area is 161 Å². The van der Waals surface area contributed by atoms with Gasteiger partial charge in [-0.25, -0.2) is 8.42 Å². The molecular weight excluding hydrogens is 396 g/mol. The Kier molecular flexibility index (Phi) is 5.22. The van der Waals surface area contributed by atoms with E-state index in [1.165, 1.54) is 11.3 Å². The molecule has 0 unspecified atom stereocenters. The SMILES string of the molecule is O=S(=O)(c1cccs1)N1CCN(Cc2cc(Cl)cc3c2OCOC3)CC1. The van der Waals surface area contributed by atoms with Crippen LogP contribution in [0.15, 0.2) is 33.9 Å². The molecule has 0 N–H and O–H groups in total. The molecule has 1 aromatic heterocycles. The molecule has 2 aliphatic rings. The first kappa shape index (κ1) is 18.2. The molecule has 1 fully saturated rings. The van der Waals surface area contributed by atoms with Crippen LogP contribution in [-0.2, 0) is 27.9 Å². The summed E-state index contributed by atoms with van der Waals surface area (Å²) in [6.45, 7) is 3.71. The second-order valence-electron chi connectivity index (χ2n) is 6.28. The predicted molar refractivity (Wildman–Crippen MR) is 100 cm³/mol. The number of piperazine rings is 1. The lowest BCUT2D eigenvalue weighted by molar-refractivity contribution is -0.0175. The second-order valence-corrected chi connectivity index (χ2v) is 9.83. The highest BCUT2D eigenvalue weighted by Gasteiger charge is 2.29. The van der Waals surface area contributed by atoms with E-state index >= 15 is 0 Å². The fraction of sp³-hybridized carbons (Fsp3) is 0.412. The molecular formula is C17H19ClN2O4S2. The van der Waals surface area contributed by atoms with Gasteiger partial charge in [0.2, 0.25) is 0 Å². The molecule has 3 heterocycles. The molecule has 1 aromatic carbocycles. The Hall–Kier alpha value is -1.16. The Bertz CT molecular complexity index is 878. The molecule has 9 heteroatoms. The maximum Gasteiger partial charge on any atom is 0.252 e. The minimum absolute atomic E-state index is 0.245. The highest BCUT2D eigenvalue weighted by atomic mass is 35.5. The van der Waals surface area contributed by atoms with Gasteiger partial charge in [0.05, 0.1) is 6.61 Å². The topological polar surface area (TPSA) is 59.1 Å². The molecule has 0 amide bonds. The molecule has 0 aliphatic carbocycles. The van der Waals surface area contributed by atoms with Gasteiger partial charge in [0.25, 0.3) is 10.0 Å². The van der Waals surface area contributed by atoms with Crippen LogP contribution in [0.4, 0.5) is 0 Å². The van der Waals surface area contributed by atoms with Crippen LogP contribution in [0.1, 0.15) is 11.1 Å². The van der Waals surface area contributed by atoms with Gasteiger partial charge in [0, 0.05) is 48.9 Å². The number of fused-ring (bicyclic) bond motifs is 1. The lowest BCUT2D eigenvalue weighted by Crippen LogP contribution is -2.48. The Balaban J connectivity index is 1.44. The molecule has 0 saturated carbocycles. The molecule has 0 atom stereocenters. The van der Waals surface area contributed by atoms with Gasteiger partial charge in [0.15, 0.2) is 6.79 Å². The van der Waals surface area contributed by atoms with E-state index < -0.39 is 10.0 Å². The first-order chi connectivity index (χ1) is 12.5. The number of nitrogens with zero attached hydrogens (tertiary/aromatic N) is 2. The summed E-state index contributed by atoms with van der Waals surface area (Å²) in [6.07, 6.45) is 0. The Morgan fingerprint density at radius 1 is 1.19 bits per heavy atom. The zero-order chi connectivity index (χ0) is 18.1. The Morgan fingerprint density at radius 2 is 2.00 bits per heavy atom. The van der Waals surface area contributed by atoms with Crippen LogP contribution in [0.3, 0.4) is 0 Å². The number of sulfonamides is 1. The average Bonchev–Trinajstić information content (AvgIpc) is 3.18. The molecule has 6 nitrogen and oxygen atoms in total. The highest BCUT2D eigenvalue weighted by Crippen LogP contribution is 2.33. The molecule has 4 rings (SSSR count). The van der Waals surface area contributed by atoms with E-state index in [0.717, 1.165) is 16.9 Å². The summed E-state index contributed by atoms with van der Waals surface area (Å²) in [5.74, 6) is 0.842. The van der Waals surface area contributed by atoms with Crippen molar-refractivity contribution >= 4 is 33.0 Å². The van der Waals surface area contributed by atoms with Crippen molar-refractivity contribution in [1.82, 2.24) is 9.21 Å². The third kappa shape index (κ3) is 3.62. The van der Waals surface area contributed by atoms with Crippen molar-refractivity contribution in [2.45, 2.75) is 17.4 Å². The number of hydrogen-bond donors (Lipinski definition) is 0. The van der Waals surface area contributed by atoms with Gasteiger partial charge in [-0.1, -0.05) is 17.7 Å². The van der Waals surface area contributed by atoms with Gasteiger partial charge in [-0.05, 0) is 23.6 Å². The molecule has 0 bridgehead atoms. The first-order valence-electron chi connectivity index (χ1n) is 8.32. The van der Waals surface area contributed by atoms with Crippen LogP contribution < -0.4 is 4.74 Å². The first-order valence-corrected chi connectivity index (χ1v) is 11.0. The van der Waals surface area contributed by atoms with E-state index in [0.29, 0.717) is 48.6 Å². The third-order valence-electron chi connectivity index (χ3n) is 4.57. The minimum Gasteiger partial charge on any atom is -0.467 e. The van der Waals surface area contributed by atoms with Crippen molar-refractivity contribution in [2.75, 3.05) is 33.0 Å².